The van der Waals surface area contributed by atoms with Crippen LogP contribution in [0.1, 0.15) is 28.7 Å². The number of furan rings is 1. The molecule has 1 N–H and O–H groups in total. The molecule has 0 radical (unpaired) electrons. The highest BCUT2D eigenvalue weighted by Gasteiger charge is 2.25. The lowest BCUT2D eigenvalue weighted by Gasteiger charge is -2.33. The molecule has 5 nitrogen and oxygen atoms in total. The van der Waals surface area contributed by atoms with Gasteiger partial charge in [0.1, 0.15) is 11.5 Å². The third-order valence-electron chi connectivity index (χ3n) is 4.55. The Kier molecular flexibility index (Phi) is 6.26. The van der Waals surface area contributed by atoms with Gasteiger partial charge in [0.05, 0.1) is 19.3 Å². The molecule has 0 saturated carbocycles. The smallest absolute Gasteiger partial charge is 0.244 e. The Morgan fingerprint density at radius 2 is 1.88 bits per heavy atom. The van der Waals surface area contributed by atoms with Crippen molar-refractivity contribution in [1.82, 2.24) is 10.2 Å². The lowest BCUT2D eigenvalue weighted by atomic mass is 10.1. The number of rotatable bonds is 6. The number of amides is 1. The molecule has 1 unspecified atom stereocenters. The van der Waals surface area contributed by atoms with E-state index in [4.69, 9.17) is 9.15 Å². The van der Waals surface area contributed by atoms with Crippen LogP contribution in [0.25, 0.3) is 6.08 Å². The van der Waals surface area contributed by atoms with Gasteiger partial charge in [-0.05, 0) is 37.6 Å². The fraction of sp³-hybridized carbons (Fsp3) is 0.381. The average molecular weight is 354 g/mol. The number of nitrogens with zero attached hydrogens (tertiary/aromatic N) is 1. The van der Waals surface area contributed by atoms with Gasteiger partial charge in [0, 0.05) is 25.7 Å². The summed E-state index contributed by atoms with van der Waals surface area (Å²) in [5.74, 6) is 1.66. The Hall–Kier alpha value is -2.37. The highest BCUT2D eigenvalue weighted by molar-refractivity contribution is 5.91. The van der Waals surface area contributed by atoms with Gasteiger partial charge in [-0.25, -0.2) is 0 Å². The SMILES string of the molecule is Cc1ccc(/C=C/C(=O)NCC(c2ccc(C)o2)N2CCOCC2)cc1. The Bertz CT molecular complexity index is 743. The van der Waals surface area contributed by atoms with Crippen molar-refractivity contribution in [3.05, 3.63) is 65.1 Å². The van der Waals surface area contributed by atoms with E-state index >= 15 is 0 Å². The number of nitrogens with one attached hydrogen (secondary N) is 1. The molecule has 1 aliphatic rings. The molecule has 1 aliphatic heterocycles. The summed E-state index contributed by atoms with van der Waals surface area (Å²) >= 11 is 0. The number of benzene rings is 1. The molecule has 0 aliphatic carbocycles. The molecular formula is C21H26N2O3. The molecule has 1 fully saturated rings. The van der Waals surface area contributed by atoms with E-state index in [2.05, 4.69) is 10.2 Å². The highest BCUT2D eigenvalue weighted by atomic mass is 16.5. The van der Waals surface area contributed by atoms with E-state index < -0.39 is 0 Å². The fourth-order valence-corrected chi connectivity index (χ4v) is 3.04. The fourth-order valence-electron chi connectivity index (χ4n) is 3.04. The molecule has 1 aromatic carbocycles. The van der Waals surface area contributed by atoms with Gasteiger partial charge in [0.25, 0.3) is 0 Å². The van der Waals surface area contributed by atoms with Crippen LogP contribution >= 0.6 is 0 Å². The maximum absolute atomic E-state index is 12.2. The summed E-state index contributed by atoms with van der Waals surface area (Å²) in [5, 5.41) is 3.00. The number of carbonyl (C=O) groups is 1. The van der Waals surface area contributed by atoms with Crippen LogP contribution in [0.15, 0.2) is 46.9 Å². The Morgan fingerprint density at radius 1 is 1.15 bits per heavy atom. The van der Waals surface area contributed by atoms with E-state index in [1.807, 2.05) is 56.3 Å². The molecule has 1 saturated heterocycles. The molecule has 26 heavy (non-hydrogen) atoms. The second kappa shape index (κ2) is 8.83. The first-order valence-corrected chi connectivity index (χ1v) is 9.02. The number of carbonyl (C=O) groups excluding carboxylic acids is 1. The molecule has 0 spiro atoms. The van der Waals surface area contributed by atoms with E-state index in [9.17, 15) is 4.79 Å². The van der Waals surface area contributed by atoms with Crippen molar-refractivity contribution in [2.75, 3.05) is 32.8 Å². The van der Waals surface area contributed by atoms with Crippen LogP contribution < -0.4 is 5.32 Å². The van der Waals surface area contributed by atoms with Gasteiger partial charge in [-0.15, -0.1) is 0 Å². The van der Waals surface area contributed by atoms with Crippen LogP contribution in [0.4, 0.5) is 0 Å². The third-order valence-corrected chi connectivity index (χ3v) is 4.55. The van der Waals surface area contributed by atoms with Gasteiger partial charge < -0.3 is 14.5 Å². The predicted molar refractivity (Wildman–Crippen MR) is 102 cm³/mol. The normalized spacial score (nSPS) is 16.7. The summed E-state index contributed by atoms with van der Waals surface area (Å²) in [6.07, 6.45) is 3.41. The molecule has 5 heteroatoms. The Labute approximate surface area is 154 Å². The van der Waals surface area contributed by atoms with Gasteiger partial charge in [0.15, 0.2) is 0 Å². The first kappa shape index (κ1) is 18.4. The van der Waals surface area contributed by atoms with E-state index in [1.54, 1.807) is 6.08 Å². The molecule has 2 heterocycles. The van der Waals surface area contributed by atoms with Crippen LogP contribution in [0.3, 0.4) is 0 Å². The molecule has 138 valence electrons. The maximum Gasteiger partial charge on any atom is 0.244 e. The van der Waals surface area contributed by atoms with Crippen LogP contribution in [-0.4, -0.2) is 43.7 Å². The minimum Gasteiger partial charge on any atom is -0.465 e. The highest BCUT2D eigenvalue weighted by Crippen LogP contribution is 2.23. The molecule has 2 aromatic rings. The monoisotopic (exact) mass is 354 g/mol. The Morgan fingerprint density at radius 3 is 2.54 bits per heavy atom. The topological polar surface area (TPSA) is 54.7 Å². The number of ether oxygens (including phenoxy) is 1. The van der Waals surface area contributed by atoms with Crippen molar-refractivity contribution in [3.8, 4) is 0 Å². The molecule has 3 rings (SSSR count). The van der Waals surface area contributed by atoms with Gasteiger partial charge in [-0.1, -0.05) is 29.8 Å². The second-order valence-electron chi connectivity index (χ2n) is 6.60. The quantitative estimate of drug-likeness (QED) is 0.810. The first-order valence-electron chi connectivity index (χ1n) is 9.02. The zero-order chi connectivity index (χ0) is 18.4. The van der Waals surface area contributed by atoms with Crippen molar-refractivity contribution >= 4 is 12.0 Å². The summed E-state index contributed by atoms with van der Waals surface area (Å²) in [6.45, 7) is 7.56. The predicted octanol–water partition coefficient (Wildman–Crippen LogP) is 3.10. The first-order chi connectivity index (χ1) is 12.6. The largest absolute Gasteiger partial charge is 0.465 e. The van der Waals surface area contributed by atoms with Gasteiger partial charge in [0.2, 0.25) is 5.91 Å². The van der Waals surface area contributed by atoms with Crippen LogP contribution in [0.5, 0.6) is 0 Å². The standard InChI is InChI=1S/C21H26N2O3/c1-16-3-6-18(7-4-16)8-10-21(24)22-15-19(20-9-5-17(2)26-20)23-11-13-25-14-12-23/h3-10,19H,11-15H2,1-2H3,(H,22,24)/b10-8+. The lowest BCUT2D eigenvalue weighted by molar-refractivity contribution is -0.116. The van der Waals surface area contributed by atoms with Gasteiger partial charge in [-0.3, -0.25) is 9.69 Å². The third kappa shape index (κ3) is 5.07. The summed E-state index contributed by atoms with van der Waals surface area (Å²) in [4.78, 5) is 14.5. The summed E-state index contributed by atoms with van der Waals surface area (Å²) in [5.41, 5.74) is 2.21. The number of hydrogen-bond donors (Lipinski definition) is 1. The van der Waals surface area contributed by atoms with E-state index in [0.717, 1.165) is 30.2 Å². The Balaban J connectivity index is 1.61. The molecule has 1 amide bonds. The number of hydrogen-bond acceptors (Lipinski definition) is 4. The van der Waals surface area contributed by atoms with Crippen molar-refractivity contribution in [2.45, 2.75) is 19.9 Å². The van der Waals surface area contributed by atoms with Crippen LogP contribution in [0, 0.1) is 13.8 Å². The summed E-state index contributed by atoms with van der Waals surface area (Å²) in [6, 6.07) is 12.0. The van der Waals surface area contributed by atoms with Gasteiger partial charge >= 0.3 is 0 Å². The second-order valence-corrected chi connectivity index (χ2v) is 6.60. The average Bonchev–Trinajstić information content (AvgIpc) is 3.08. The molecule has 1 aromatic heterocycles. The maximum atomic E-state index is 12.2. The molecule has 0 bridgehead atoms. The zero-order valence-corrected chi connectivity index (χ0v) is 15.4. The van der Waals surface area contributed by atoms with Crippen molar-refractivity contribution in [1.29, 1.82) is 0 Å². The van der Waals surface area contributed by atoms with Crippen molar-refractivity contribution in [2.24, 2.45) is 0 Å². The van der Waals surface area contributed by atoms with Crippen LogP contribution in [-0.2, 0) is 9.53 Å². The van der Waals surface area contributed by atoms with Crippen molar-refractivity contribution in [3.63, 3.8) is 0 Å². The van der Waals surface area contributed by atoms with Gasteiger partial charge in [-0.2, -0.15) is 0 Å². The molecular weight excluding hydrogens is 328 g/mol. The van der Waals surface area contributed by atoms with E-state index in [0.29, 0.717) is 19.8 Å². The summed E-state index contributed by atoms with van der Waals surface area (Å²) in [7, 11) is 0. The number of morpholine rings is 1. The van der Waals surface area contributed by atoms with Crippen LogP contribution in [0.2, 0.25) is 0 Å². The summed E-state index contributed by atoms with van der Waals surface area (Å²) < 4.78 is 11.3. The van der Waals surface area contributed by atoms with E-state index in [-0.39, 0.29) is 11.9 Å². The minimum atomic E-state index is -0.105. The molecule has 1 atom stereocenters. The minimum absolute atomic E-state index is 0.0179. The van der Waals surface area contributed by atoms with Crippen molar-refractivity contribution < 1.29 is 13.9 Å². The number of aryl methyl sites for hydroxylation is 2. The zero-order valence-electron chi connectivity index (χ0n) is 15.4. The van der Waals surface area contributed by atoms with E-state index in [1.165, 1.54) is 5.56 Å². The lowest BCUT2D eigenvalue weighted by Crippen LogP contribution is -2.43.